The fraction of sp³-hybridized carbons (Fsp3) is 0.682. The molecule has 2 N–H and O–H groups in total. The lowest BCUT2D eigenvalue weighted by Gasteiger charge is -2.35. The molecule has 0 radical (unpaired) electrons. The van der Waals surface area contributed by atoms with Crippen LogP contribution in [0.4, 0.5) is 0 Å². The fourth-order valence-corrected chi connectivity index (χ4v) is 4.02. The highest BCUT2D eigenvalue weighted by atomic mass is 127. The molecule has 0 aromatic heterocycles. The number of aliphatic imine (C=N–C) groups is 1. The van der Waals surface area contributed by atoms with Gasteiger partial charge in [0.25, 0.3) is 0 Å². The number of nitrogens with one attached hydrogen (secondary N) is 2. The van der Waals surface area contributed by atoms with E-state index in [9.17, 15) is 0 Å². The summed E-state index contributed by atoms with van der Waals surface area (Å²) in [6.45, 7) is 9.88. The van der Waals surface area contributed by atoms with Gasteiger partial charge < -0.3 is 24.8 Å². The molecule has 0 spiro atoms. The van der Waals surface area contributed by atoms with Crippen LogP contribution >= 0.6 is 24.0 Å². The first-order valence-corrected chi connectivity index (χ1v) is 10.9. The smallest absolute Gasteiger partial charge is 0.191 e. The molecule has 0 amide bonds. The molecule has 2 saturated heterocycles. The first kappa shape index (κ1) is 25.0. The fourth-order valence-electron chi connectivity index (χ4n) is 4.02. The third-order valence-corrected chi connectivity index (χ3v) is 5.50. The number of ether oxygens (including phenoxy) is 3. The Balaban J connectivity index is 0.00000320. The Morgan fingerprint density at radius 3 is 2.77 bits per heavy atom. The molecule has 2 heterocycles. The topological polar surface area (TPSA) is 67.4 Å². The highest BCUT2D eigenvalue weighted by Crippen LogP contribution is 2.28. The Morgan fingerprint density at radius 1 is 1.20 bits per heavy atom. The lowest BCUT2D eigenvalue weighted by Crippen LogP contribution is -2.51. The zero-order valence-electron chi connectivity index (χ0n) is 18.5. The van der Waals surface area contributed by atoms with Crippen molar-refractivity contribution in [1.29, 1.82) is 0 Å². The molecule has 0 aliphatic carbocycles. The van der Waals surface area contributed by atoms with Crippen LogP contribution in [0.2, 0.25) is 0 Å². The highest BCUT2D eigenvalue weighted by molar-refractivity contribution is 14.0. The third-order valence-electron chi connectivity index (χ3n) is 5.50. The van der Waals surface area contributed by atoms with Crippen molar-refractivity contribution in [2.24, 2.45) is 4.99 Å². The van der Waals surface area contributed by atoms with Crippen LogP contribution in [0.15, 0.2) is 23.2 Å². The number of rotatable bonds is 9. The van der Waals surface area contributed by atoms with Gasteiger partial charge in [0.2, 0.25) is 0 Å². The van der Waals surface area contributed by atoms with Crippen LogP contribution in [0, 0.1) is 0 Å². The van der Waals surface area contributed by atoms with Gasteiger partial charge in [-0.2, -0.15) is 0 Å². The molecular weight excluding hydrogens is 495 g/mol. The highest BCUT2D eigenvalue weighted by Gasteiger charge is 2.32. The van der Waals surface area contributed by atoms with E-state index in [4.69, 9.17) is 14.2 Å². The van der Waals surface area contributed by atoms with Gasteiger partial charge in [0.15, 0.2) is 17.5 Å². The summed E-state index contributed by atoms with van der Waals surface area (Å²) in [5, 5.41) is 6.80. The normalized spacial score (nSPS) is 21.5. The minimum atomic E-state index is 0. The molecule has 7 nitrogen and oxygen atoms in total. The molecule has 0 bridgehead atoms. The van der Waals surface area contributed by atoms with Crippen LogP contribution < -0.4 is 20.1 Å². The number of fused-ring (bicyclic) bond motifs is 1. The van der Waals surface area contributed by atoms with E-state index in [2.05, 4.69) is 32.7 Å². The molecule has 0 saturated carbocycles. The van der Waals surface area contributed by atoms with Gasteiger partial charge in [0, 0.05) is 32.7 Å². The zero-order chi connectivity index (χ0) is 20.5. The molecular formula is C22H37IN4O3. The molecule has 2 aliphatic heterocycles. The molecule has 2 unspecified atom stereocenters. The van der Waals surface area contributed by atoms with Crippen molar-refractivity contribution >= 4 is 29.9 Å². The van der Waals surface area contributed by atoms with Crippen molar-refractivity contribution in [1.82, 2.24) is 15.5 Å². The molecule has 2 fully saturated rings. The molecule has 2 atom stereocenters. The second kappa shape index (κ2) is 13.2. The first-order valence-electron chi connectivity index (χ1n) is 10.9. The van der Waals surface area contributed by atoms with Gasteiger partial charge in [-0.25, -0.2) is 0 Å². The summed E-state index contributed by atoms with van der Waals surface area (Å²) in [4.78, 5) is 6.90. The monoisotopic (exact) mass is 532 g/mol. The van der Waals surface area contributed by atoms with Gasteiger partial charge in [-0.1, -0.05) is 6.07 Å². The predicted molar refractivity (Wildman–Crippen MR) is 132 cm³/mol. The summed E-state index contributed by atoms with van der Waals surface area (Å²) in [7, 11) is 1.80. The van der Waals surface area contributed by atoms with Crippen LogP contribution in [0.1, 0.15) is 32.3 Å². The molecule has 1 aromatic rings. The van der Waals surface area contributed by atoms with E-state index < -0.39 is 0 Å². The Bertz CT molecular complexity index is 674. The van der Waals surface area contributed by atoms with Gasteiger partial charge in [0.05, 0.1) is 25.9 Å². The van der Waals surface area contributed by atoms with Crippen LogP contribution in [0.25, 0.3) is 0 Å². The minimum Gasteiger partial charge on any atom is -0.490 e. The zero-order valence-corrected chi connectivity index (χ0v) is 20.8. The Labute approximate surface area is 197 Å². The lowest BCUT2D eigenvalue weighted by atomic mass is 10.1. The van der Waals surface area contributed by atoms with Gasteiger partial charge in [-0.05, 0) is 57.4 Å². The van der Waals surface area contributed by atoms with Crippen LogP contribution in [0.3, 0.4) is 0 Å². The van der Waals surface area contributed by atoms with Crippen LogP contribution in [-0.4, -0.2) is 76.1 Å². The van der Waals surface area contributed by atoms with Crippen LogP contribution in [0.5, 0.6) is 11.5 Å². The third kappa shape index (κ3) is 7.16. The van der Waals surface area contributed by atoms with E-state index >= 15 is 0 Å². The quantitative estimate of drug-likeness (QED) is 0.290. The second-order valence-corrected chi connectivity index (χ2v) is 7.52. The molecule has 3 rings (SSSR count). The summed E-state index contributed by atoms with van der Waals surface area (Å²) in [5.74, 6) is 2.42. The van der Waals surface area contributed by atoms with Crippen molar-refractivity contribution < 1.29 is 14.2 Å². The van der Waals surface area contributed by atoms with Crippen molar-refractivity contribution in [2.75, 3.05) is 53.0 Å². The molecule has 1 aromatic carbocycles. The van der Waals surface area contributed by atoms with Crippen LogP contribution in [-0.2, 0) is 11.2 Å². The first-order chi connectivity index (χ1) is 14.2. The van der Waals surface area contributed by atoms with Crippen molar-refractivity contribution in [3.05, 3.63) is 23.8 Å². The van der Waals surface area contributed by atoms with E-state index in [1.807, 2.05) is 19.9 Å². The van der Waals surface area contributed by atoms with Gasteiger partial charge >= 0.3 is 0 Å². The number of halogens is 1. The summed E-state index contributed by atoms with van der Waals surface area (Å²) >= 11 is 0. The van der Waals surface area contributed by atoms with Gasteiger partial charge in [0.1, 0.15) is 0 Å². The average Bonchev–Trinajstić information content (AvgIpc) is 3.20. The molecule has 2 aliphatic rings. The standard InChI is InChI=1S/C22H36N4O3.HI/c1-4-27-20-9-8-17(13-21(20)28-5-2)10-11-24-22(23-3)25-14-19-15-26-12-6-7-18(26)16-29-19;/h8-9,13,18-19H,4-7,10-12,14-16H2,1-3H3,(H2,23,24,25);1H. The number of guanidine groups is 1. The van der Waals surface area contributed by atoms with Gasteiger partial charge in [-0.15, -0.1) is 24.0 Å². The Morgan fingerprint density at radius 2 is 2.00 bits per heavy atom. The number of hydrogen-bond acceptors (Lipinski definition) is 5. The van der Waals surface area contributed by atoms with E-state index in [0.29, 0.717) is 19.3 Å². The van der Waals surface area contributed by atoms with Crippen molar-refractivity contribution in [3.63, 3.8) is 0 Å². The van der Waals surface area contributed by atoms with E-state index in [0.717, 1.165) is 50.1 Å². The molecule has 8 heteroatoms. The molecule has 30 heavy (non-hydrogen) atoms. The number of hydrogen-bond donors (Lipinski definition) is 2. The average molecular weight is 532 g/mol. The predicted octanol–water partition coefficient (Wildman–Crippen LogP) is 2.67. The summed E-state index contributed by atoms with van der Waals surface area (Å²) in [6, 6.07) is 6.78. The maximum absolute atomic E-state index is 6.02. The SMILES string of the molecule is CCOc1ccc(CCNC(=NC)NCC2CN3CCCC3CO2)cc1OCC.I. The van der Waals surface area contributed by atoms with Crippen molar-refractivity contribution in [2.45, 2.75) is 45.3 Å². The van der Waals surface area contributed by atoms with E-state index in [1.165, 1.54) is 24.9 Å². The summed E-state index contributed by atoms with van der Waals surface area (Å²) in [5.41, 5.74) is 1.20. The largest absolute Gasteiger partial charge is 0.490 e. The van der Waals surface area contributed by atoms with E-state index in [1.54, 1.807) is 7.05 Å². The van der Waals surface area contributed by atoms with Gasteiger partial charge in [-0.3, -0.25) is 9.89 Å². The molecule has 170 valence electrons. The number of morpholine rings is 1. The van der Waals surface area contributed by atoms with E-state index in [-0.39, 0.29) is 30.1 Å². The maximum Gasteiger partial charge on any atom is 0.191 e. The van der Waals surface area contributed by atoms with Crippen molar-refractivity contribution in [3.8, 4) is 11.5 Å². The minimum absolute atomic E-state index is 0. The summed E-state index contributed by atoms with van der Waals surface area (Å²) in [6.07, 6.45) is 3.68. The number of benzene rings is 1. The Kier molecular flexibility index (Phi) is 11.0. The Hall–Kier alpha value is -1.26. The lowest BCUT2D eigenvalue weighted by molar-refractivity contribution is -0.0453. The maximum atomic E-state index is 6.02. The summed E-state index contributed by atoms with van der Waals surface area (Å²) < 4.78 is 17.4. The second-order valence-electron chi connectivity index (χ2n) is 7.52. The number of nitrogens with zero attached hydrogens (tertiary/aromatic N) is 2.